The Balaban J connectivity index is 1.48. The fourth-order valence-corrected chi connectivity index (χ4v) is 3.83. The van der Waals surface area contributed by atoms with E-state index in [0.29, 0.717) is 5.56 Å². The zero-order chi connectivity index (χ0) is 16.7. The van der Waals surface area contributed by atoms with Crippen molar-refractivity contribution in [3.8, 4) is 0 Å². The molecule has 0 aromatic carbocycles. The molecular formula is C17H19N5OS. The molecule has 0 N–H and O–H groups in total. The number of nitrogens with zero attached hydrogens (tertiary/aromatic N) is 5. The Morgan fingerprint density at radius 3 is 2.67 bits per heavy atom. The zero-order valence-corrected chi connectivity index (χ0v) is 14.5. The lowest BCUT2D eigenvalue weighted by Gasteiger charge is -2.56. The number of carbonyl (C=O) groups excluding carboxylic acids is 1. The number of amides is 1. The quantitative estimate of drug-likeness (QED) is 0.629. The van der Waals surface area contributed by atoms with Crippen molar-refractivity contribution < 1.29 is 4.79 Å². The standard InChI is InChI=1S/C17H19N5OS/c1-11-3-4-12(8-19-11)16(23)22-13-7-14(22)10-21(9-13)15-5-6-18-17(20-15)24-2/h3-6,8,13-14H,7,9-10H2,1-2H3. The number of aryl methyl sites for hydroxylation is 1. The van der Waals surface area contributed by atoms with Crippen LogP contribution >= 0.6 is 11.8 Å². The van der Waals surface area contributed by atoms with Gasteiger partial charge < -0.3 is 9.80 Å². The predicted molar refractivity (Wildman–Crippen MR) is 93.4 cm³/mol. The lowest BCUT2D eigenvalue weighted by Crippen LogP contribution is -2.70. The van der Waals surface area contributed by atoms with E-state index in [2.05, 4.69) is 19.9 Å². The molecule has 3 saturated heterocycles. The van der Waals surface area contributed by atoms with Gasteiger partial charge in [-0.25, -0.2) is 9.97 Å². The van der Waals surface area contributed by atoms with Crippen molar-refractivity contribution >= 4 is 23.5 Å². The first kappa shape index (κ1) is 15.4. The Kier molecular flexibility index (Phi) is 3.88. The average Bonchev–Trinajstić information content (AvgIpc) is 2.62. The van der Waals surface area contributed by atoms with Gasteiger partial charge in [-0.05, 0) is 37.8 Å². The molecule has 0 saturated carbocycles. The van der Waals surface area contributed by atoms with Crippen LogP contribution in [0, 0.1) is 6.92 Å². The van der Waals surface area contributed by atoms with E-state index in [1.807, 2.05) is 36.3 Å². The molecule has 2 aromatic rings. The fourth-order valence-electron chi connectivity index (χ4n) is 3.48. The maximum absolute atomic E-state index is 12.7. The molecule has 0 radical (unpaired) electrons. The van der Waals surface area contributed by atoms with E-state index in [0.717, 1.165) is 36.2 Å². The fraction of sp³-hybridized carbons (Fsp3) is 0.412. The number of pyridine rings is 1. The molecule has 7 heteroatoms. The number of hydrogen-bond donors (Lipinski definition) is 0. The molecule has 2 unspecified atom stereocenters. The highest BCUT2D eigenvalue weighted by molar-refractivity contribution is 7.98. The van der Waals surface area contributed by atoms with E-state index in [4.69, 9.17) is 0 Å². The van der Waals surface area contributed by atoms with E-state index in [1.165, 1.54) is 0 Å². The number of aromatic nitrogens is 3. The minimum absolute atomic E-state index is 0.0934. The van der Waals surface area contributed by atoms with Gasteiger partial charge in [0, 0.05) is 31.2 Å². The van der Waals surface area contributed by atoms with Gasteiger partial charge in [0.25, 0.3) is 5.91 Å². The number of carbonyl (C=O) groups is 1. The number of piperazine rings is 1. The summed E-state index contributed by atoms with van der Waals surface area (Å²) >= 11 is 1.54. The summed E-state index contributed by atoms with van der Waals surface area (Å²) in [6, 6.07) is 6.21. The summed E-state index contributed by atoms with van der Waals surface area (Å²) in [6.45, 7) is 3.58. The summed E-state index contributed by atoms with van der Waals surface area (Å²) in [6.07, 6.45) is 6.53. The monoisotopic (exact) mass is 341 g/mol. The van der Waals surface area contributed by atoms with Gasteiger partial charge in [-0.2, -0.15) is 0 Å². The average molecular weight is 341 g/mol. The highest BCUT2D eigenvalue weighted by Crippen LogP contribution is 2.35. The van der Waals surface area contributed by atoms with Gasteiger partial charge in [0.15, 0.2) is 5.16 Å². The molecule has 24 heavy (non-hydrogen) atoms. The third-order valence-electron chi connectivity index (χ3n) is 4.71. The van der Waals surface area contributed by atoms with Crippen molar-refractivity contribution in [2.24, 2.45) is 0 Å². The molecule has 3 fully saturated rings. The minimum Gasteiger partial charge on any atom is -0.352 e. The minimum atomic E-state index is 0.0934. The van der Waals surface area contributed by atoms with Gasteiger partial charge >= 0.3 is 0 Å². The third-order valence-corrected chi connectivity index (χ3v) is 5.27. The number of fused-ring (bicyclic) bond motifs is 2. The normalized spacial score (nSPS) is 22.2. The topological polar surface area (TPSA) is 62.2 Å². The largest absolute Gasteiger partial charge is 0.352 e. The van der Waals surface area contributed by atoms with E-state index in [-0.39, 0.29) is 18.0 Å². The van der Waals surface area contributed by atoms with Crippen LogP contribution in [-0.4, -0.2) is 57.2 Å². The molecule has 0 spiro atoms. The van der Waals surface area contributed by atoms with E-state index in [1.54, 1.807) is 24.2 Å². The zero-order valence-electron chi connectivity index (χ0n) is 13.7. The van der Waals surface area contributed by atoms with Crippen LogP contribution in [0.1, 0.15) is 22.5 Å². The summed E-state index contributed by atoms with van der Waals surface area (Å²) in [7, 11) is 0. The molecule has 2 bridgehead atoms. The Morgan fingerprint density at radius 2 is 2.00 bits per heavy atom. The molecule has 5 rings (SSSR count). The van der Waals surface area contributed by atoms with Crippen LogP contribution in [0.2, 0.25) is 0 Å². The second-order valence-corrected chi connectivity index (χ2v) is 7.02. The Hall–Kier alpha value is -2.15. The first-order chi connectivity index (χ1) is 11.7. The van der Waals surface area contributed by atoms with Crippen LogP contribution in [-0.2, 0) is 0 Å². The van der Waals surface area contributed by atoms with Gasteiger partial charge in [-0.15, -0.1) is 0 Å². The molecule has 1 amide bonds. The van der Waals surface area contributed by atoms with Gasteiger partial charge in [-0.3, -0.25) is 9.78 Å². The third kappa shape index (κ3) is 2.62. The molecule has 2 aromatic heterocycles. The summed E-state index contributed by atoms with van der Waals surface area (Å²) in [4.78, 5) is 30.0. The molecular weight excluding hydrogens is 322 g/mol. The Labute approximate surface area is 145 Å². The van der Waals surface area contributed by atoms with Gasteiger partial charge in [-0.1, -0.05) is 11.8 Å². The van der Waals surface area contributed by atoms with E-state index < -0.39 is 0 Å². The lowest BCUT2D eigenvalue weighted by molar-refractivity contribution is 0.00570. The molecule has 2 atom stereocenters. The Morgan fingerprint density at radius 1 is 1.21 bits per heavy atom. The molecule has 5 heterocycles. The Bertz CT molecular complexity index is 754. The van der Waals surface area contributed by atoms with Gasteiger partial charge in [0.2, 0.25) is 0 Å². The van der Waals surface area contributed by atoms with E-state index >= 15 is 0 Å². The van der Waals surface area contributed by atoms with Crippen LogP contribution in [0.4, 0.5) is 5.82 Å². The summed E-state index contributed by atoms with van der Waals surface area (Å²) in [5, 5.41) is 0.783. The molecule has 0 aliphatic carbocycles. The van der Waals surface area contributed by atoms with Crippen molar-refractivity contribution in [3.63, 3.8) is 0 Å². The van der Waals surface area contributed by atoms with Crippen molar-refractivity contribution in [3.05, 3.63) is 41.9 Å². The highest BCUT2D eigenvalue weighted by atomic mass is 32.2. The van der Waals surface area contributed by atoms with Crippen molar-refractivity contribution in [2.45, 2.75) is 30.6 Å². The van der Waals surface area contributed by atoms with Crippen molar-refractivity contribution in [1.29, 1.82) is 0 Å². The number of hydrogen-bond acceptors (Lipinski definition) is 6. The molecule has 6 nitrogen and oxygen atoms in total. The number of piperidine rings is 1. The highest BCUT2D eigenvalue weighted by Gasteiger charge is 2.47. The van der Waals surface area contributed by atoms with E-state index in [9.17, 15) is 4.79 Å². The van der Waals surface area contributed by atoms with Gasteiger partial charge in [0.05, 0.1) is 17.6 Å². The predicted octanol–water partition coefficient (Wildman–Crippen LogP) is 2.01. The number of thioether (sulfide) groups is 1. The van der Waals surface area contributed by atoms with Gasteiger partial charge in [0.1, 0.15) is 5.82 Å². The second kappa shape index (κ2) is 6.05. The number of anilines is 1. The van der Waals surface area contributed by atoms with Crippen LogP contribution in [0.15, 0.2) is 35.7 Å². The summed E-state index contributed by atoms with van der Waals surface area (Å²) < 4.78 is 0. The lowest BCUT2D eigenvalue weighted by atomic mass is 9.86. The van der Waals surface area contributed by atoms with Crippen LogP contribution in [0.5, 0.6) is 0 Å². The van der Waals surface area contributed by atoms with Crippen molar-refractivity contribution in [1.82, 2.24) is 19.9 Å². The second-order valence-electron chi connectivity index (χ2n) is 6.25. The summed E-state index contributed by atoms with van der Waals surface area (Å²) in [5.41, 5.74) is 1.60. The molecule has 3 aliphatic heterocycles. The maximum Gasteiger partial charge on any atom is 0.256 e. The first-order valence-electron chi connectivity index (χ1n) is 8.03. The number of rotatable bonds is 3. The first-order valence-corrected chi connectivity index (χ1v) is 9.25. The maximum atomic E-state index is 12.7. The van der Waals surface area contributed by atoms with Crippen LogP contribution < -0.4 is 4.90 Å². The smallest absolute Gasteiger partial charge is 0.256 e. The van der Waals surface area contributed by atoms with Crippen LogP contribution in [0.3, 0.4) is 0 Å². The molecule has 3 aliphatic rings. The van der Waals surface area contributed by atoms with Crippen molar-refractivity contribution in [2.75, 3.05) is 24.2 Å². The molecule has 124 valence electrons. The summed E-state index contributed by atoms with van der Waals surface area (Å²) in [5.74, 6) is 1.05. The SMILES string of the molecule is CSc1nccc(N2CC3CC(C2)N3C(=O)c2ccc(C)nc2)n1. The van der Waals surface area contributed by atoms with Crippen LogP contribution in [0.25, 0.3) is 0 Å².